The molecular formula is C15H17ClN2. The molecule has 1 aromatic heterocycles. The molecule has 1 aromatic carbocycles. The zero-order valence-electron chi connectivity index (χ0n) is 10.7. The average molecular weight is 261 g/mol. The van der Waals surface area contributed by atoms with E-state index in [9.17, 15) is 0 Å². The van der Waals surface area contributed by atoms with Crippen molar-refractivity contribution in [3.8, 4) is 0 Å². The number of nitrogens with one attached hydrogen (secondary N) is 1. The third kappa shape index (κ3) is 3.56. The largest absolute Gasteiger partial charge is 0.306 e. The Hall–Kier alpha value is -1.38. The fraction of sp³-hybridized carbons (Fsp3) is 0.267. The van der Waals surface area contributed by atoms with Gasteiger partial charge in [0.1, 0.15) is 0 Å². The molecule has 1 heterocycles. The number of nitrogens with zero attached hydrogens (tertiary/aromatic N) is 1. The first-order chi connectivity index (χ1) is 8.65. The number of aromatic nitrogens is 1. The molecule has 3 heteroatoms. The van der Waals surface area contributed by atoms with Gasteiger partial charge >= 0.3 is 0 Å². The van der Waals surface area contributed by atoms with Crippen LogP contribution in [0.1, 0.15) is 29.8 Å². The fourth-order valence-corrected chi connectivity index (χ4v) is 1.87. The highest BCUT2D eigenvalue weighted by Crippen LogP contribution is 2.16. The summed E-state index contributed by atoms with van der Waals surface area (Å²) in [6, 6.07) is 12.4. The van der Waals surface area contributed by atoms with Crippen LogP contribution in [0.5, 0.6) is 0 Å². The van der Waals surface area contributed by atoms with E-state index in [4.69, 9.17) is 11.6 Å². The number of pyridine rings is 1. The summed E-state index contributed by atoms with van der Waals surface area (Å²) in [4.78, 5) is 4.28. The molecule has 0 radical (unpaired) electrons. The van der Waals surface area contributed by atoms with E-state index in [-0.39, 0.29) is 0 Å². The van der Waals surface area contributed by atoms with E-state index in [2.05, 4.69) is 23.3 Å². The Morgan fingerprint density at radius 1 is 1.17 bits per heavy atom. The van der Waals surface area contributed by atoms with Gasteiger partial charge in [-0.1, -0.05) is 29.8 Å². The van der Waals surface area contributed by atoms with Crippen molar-refractivity contribution in [3.63, 3.8) is 0 Å². The minimum absolute atomic E-state index is 0.295. The maximum atomic E-state index is 5.88. The van der Waals surface area contributed by atoms with Gasteiger partial charge in [-0.25, -0.2) is 0 Å². The molecule has 0 saturated heterocycles. The normalized spacial score (nSPS) is 12.4. The van der Waals surface area contributed by atoms with Crippen LogP contribution in [0.3, 0.4) is 0 Å². The number of hydrogen-bond acceptors (Lipinski definition) is 2. The Balaban J connectivity index is 1.93. The molecule has 0 aliphatic carbocycles. The minimum Gasteiger partial charge on any atom is -0.306 e. The molecule has 0 fully saturated rings. The zero-order chi connectivity index (χ0) is 13.0. The maximum absolute atomic E-state index is 5.88. The molecule has 0 bridgehead atoms. The lowest BCUT2D eigenvalue weighted by Gasteiger charge is -2.14. The van der Waals surface area contributed by atoms with E-state index in [1.165, 1.54) is 11.1 Å². The molecule has 0 unspecified atom stereocenters. The van der Waals surface area contributed by atoms with Crippen LogP contribution in [0.15, 0.2) is 42.6 Å². The van der Waals surface area contributed by atoms with E-state index in [0.717, 1.165) is 17.3 Å². The number of aryl methyl sites for hydroxylation is 1. The molecular weight excluding hydrogens is 244 g/mol. The van der Waals surface area contributed by atoms with Gasteiger partial charge in [-0.3, -0.25) is 4.98 Å². The minimum atomic E-state index is 0.295. The molecule has 18 heavy (non-hydrogen) atoms. The van der Waals surface area contributed by atoms with Crippen molar-refractivity contribution in [2.24, 2.45) is 0 Å². The topological polar surface area (TPSA) is 24.9 Å². The van der Waals surface area contributed by atoms with Crippen LogP contribution in [0.2, 0.25) is 5.02 Å². The Morgan fingerprint density at radius 3 is 2.50 bits per heavy atom. The van der Waals surface area contributed by atoms with E-state index < -0.39 is 0 Å². The summed E-state index contributed by atoms with van der Waals surface area (Å²) in [7, 11) is 0. The highest BCUT2D eigenvalue weighted by molar-refractivity contribution is 6.30. The van der Waals surface area contributed by atoms with Gasteiger partial charge in [-0.2, -0.15) is 0 Å². The van der Waals surface area contributed by atoms with Crippen molar-refractivity contribution < 1.29 is 0 Å². The summed E-state index contributed by atoms with van der Waals surface area (Å²) in [5, 5.41) is 4.24. The van der Waals surface area contributed by atoms with Gasteiger partial charge in [0.15, 0.2) is 0 Å². The first-order valence-electron chi connectivity index (χ1n) is 6.05. The number of hydrogen-bond donors (Lipinski definition) is 1. The standard InChI is InChI=1S/C15H17ClN2/c1-11-3-4-13(9-17-11)10-18-12(2)14-5-7-15(16)8-6-14/h3-9,12,18H,10H2,1-2H3/t12-/m1/s1. The smallest absolute Gasteiger partial charge is 0.0406 e. The van der Waals surface area contributed by atoms with Crippen molar-refractivity contribution in [1.82, 2.24) is 10.3 Å². The summed E-state index contributed by atoms with van der Waals surface area (Å²) in [5.41, 5.74) is 3.48. The van der Waals surface area contributed by atoms with Gasteiger partial charge in [0.25, 0.3) is 0 Å². The van der Waals surface area contributed by atoms with E-state index in [1.807, 2.05) is 43.5 Å². The number of halogens is 1. The quantitative estimate of drug-likeness (QED) is 0.902. The van der Waals surface area contributed by atoms with Gasteiger partial charge in [0.2, 0.25) is 0 Å². The number of rotatable bonds is 4. The lowest BCUT2D eigenvalue weighted by atomic mass is 10.1. The molecule has 0 spiro atoms. The van der Waals surface area contributed by atoms with Crippen LogP contribution in [-0.2, 0) is 6.54 Å². The Morgan fingerprint density at radius 2 is 1.89 bits per heavy atom. The summed E-state index contributed by atoms with van der Waals surface area (Å²) in [6.45, 7) is 4.95. The summed E-state index contributed by atoms with van der Waals surface area (Å²) in [6.07, 6.45) is 1.91. The molecule has 0 aliphatic rings. The van der Waals surface area contributed by atoms with Crippen molar-refractivity contribution >= 4 is 11.6 Å². The van der Waals surface area contributed by atoms with Crippen molar-refractivity contribution in [3.05, 3.63) is 64.4 Å². The second kappa shape index (κ2) is 5.98. The van der Waals surface area contributed by atoms with E-state index in [0.29, 0.717) is 6.04 Å². The zero-order valence-corrected chi connectivity index (χ0v) is 11.4. The molecule has 0 saturated carbocycles. The lowest BCUT2D eigenvalue weighted by Crippen LogP contribution is -2.18. The second-order valence-electron chi connectivity index (χ2n) is 4.46. The van der Waals surface area contributed by atoms with Gasteiger partial charge < -0.3 is 5.32 Å². The van der Waals surface area contributed by atoms with Gasteiger partial charge in [-0.05, 0) is 43.2 Å². The molecule has 2 aromatic rings. The SMILES string of the molecule is Cc1ccc(CN[C@H](C)c2ccc(Cl)cc2)cn1. The van der Waals surface area contributed by atoms with Crippen molar-refractivity contribution in [1.29, 1.82) is 0 Å². The highest BCUT2D eigenvalue weighted by atomic mass is 35.5. The van der Waals surface area contributed by atoms with Crippen LogP contribution >= 0.6 is 11.6 Å². The van der Waals surface area contributed by atoms with Crippen LogP contribution in [-0.4, -0.2) is 4.98 Å². The average Bonchev–Trinajstić information content (AvgIpc) is 2.38. The summed E-state index contributed by atoms with van der Waals surface area (Å²) < 4.78 is 0. The first kappa shape index (κ1) is 13.1. The van der Waals surface area contributed by atoms with Gasteiger partial charge in [0.05, 0.1) is 0 Å². The van der Waals surface area contributed by atoms with Crippen LogP contribution < -0.4 is 5.32 Å². The van der Waals surface area contributed by atoms with Crippen LogP contribution in [0.25, 0.3) is 0 Å². The van der Waals surface area contributed by atoms with E-state index in [1.54, 1.807) is 0 Å². The third-order valence-electron chi connectivity index (χ3n) is 2.95. The lowest BCUT2D eigenvalue weighted by molar-refractivity contribution is 0.574. The number of benzene rings is 1. The molecule has 0 aliphatic heterocycles. The summed E-state index contributed by atoms with van der Waals surface area (Å²) >= 11 is 5.88. The Labute approximate surface area is 113 Å². The monoisotopic (exact) mass is 260 g/mol. The molecule has 1 atom stereocenters. The van der Waals surface area contributed by atoms with Crippen LogP contribution in [0.4, 0.5) is 0 Å². The molecule has 0 amide bonds. The second-order valence-corrected chi connectivity index (χ2v) is 4.90. The Bertz CT molecular complexity index is 491. The van der Waals surface area contributed by atoms with Gasteiger partial charge in [0, 0.05) is 29.5 Å². The molecule has 94 valence electrons. The van der Waals surface area contributed by atoms with Crippen LogP contribution in [0, 0.1) is 6.92 Å². The Kier molecular flexibility index (Phi) is 4.34. The predicted molar refractivity (Wildman–Crippen MR) is 75.7 cm³/mol. The highest BCUT2D eigenvalue weighted by Gasteiger charge is 2.04. The van der Waals surface area contributed by atoms with E-state index >= 15 is 0 Å². The third-order valence-corrected chi connectivity index (χ3v) is 3.21. The molecule has 2 rings (SSSR count). The van der Waals surface area contributed by atoms with Gasteiger partial charge in [-0.15, -0.1) is 0 Å². The molecule has 1 N–H and O–H groups in total. The predicted octanol–water partition coefficient (Wildman–Crippen LogP) is 3.89. The summed E-state index contributed by atoms with van der Waals surface area (Å²) in [5.74, 6) is 0. The maximum Gasteiger partial charge on any atom is 0.0406 e. The first-order valence-corrected chi connectivity index (χ1v) is 6.43. The van der Waals surface area contributed by atoms with Crippen molar-refractivity contribution in [2.75, 3.05) is 0 Å². The van der Waals surface area contributed by atoms with Crippen molar-refractivity contribution in [2.45, 2.75) is 26.4 Å². The fourth-order valence-electron chi connectivity index (χ4n) is 1.74. The molecule has 2 nitrogen and oxygen atoms in total.